The van der Waals surface area contributed by atoms with Gasteiger partial charge >= 0.3 is 0 Å². The van der Waals surface area contributed by atoms with Crippen molar-refractivity contribution in [2.45, 2.75) is 6.92 Å². The molecule has 0 fully saturated rings. The van der Waals surface area contributed by atoms with E-state index in [4.69, 9.17) is 16.2 Å². The molecular weight excluding hydrogens is 234 g/mol. The van der Waals surface area contributed by atoms with E-state index >= 15 is 0 Å². The number of benzene rings is 1. The number of rotatable bonds is 6. The third-order valence-electron chi connectivity index (χ3n) is 2.32. The van der Waals surface area contributed by atoms with Crippen molar-refractivity contribution in [1.29, 1.82) is 0 Å². The van der Waals surface area contributed by atoms with Gasteiger partial charge in [0.1, 0.15) is 6.61 Å². The van der Waals surface area contributed by atoms with Crippen LogP contribution in [0.1, 0.15) is 15.9 Å². The second-order valence-corrected chi connectivity index (χ2v) is 3.85. The molecule has 18 heavy (non-hydrogen) atoms. The highest BCUT2D eigenvalue weighted by atomic mass is 16.5. The lowest BCUT2D eigenvalue weighted by Crippen LogP contribution is -2.28. The molecule has 0 heterocycles. The van der Waals surface area contributed by atoms with Gasteiger partial charge in [0.2, 0.25) is 5.91 Å². The smallest absolute Gasteiger partial charge is 0.251 e. The van der Waals surface area contributed by atoms with Gasteiger partial charge in [0.05, 0.1) is 6.61 Å². The zero-order chi connectivity index (χ0) is 13.5. The van der Waals surface area contributed by atoms with E-state index in [2.05, 4.69) is 5.32 Å². The zero-order valence-corrected chi connectivity index (χ0v) is 10.2. The Hall–Kier alpha value is -2.08. The Morgan fingerprint density at radius 1 is 1.39 bits per heavy atom. The van der Waals surface area contributed by atoms with Crippen LogP contribution in [0.2, 0.25) is 0 Å². The fourth-order valence-electron chi connectivity index (χ4n) is 1.29. The van der Waals surface area contributed by atoms with E-state index < -0.39 is 5.91 Å². The van der Waals surface area contributed by atoms with E-state index in [0.717, 1.165) is 5.56 Å². The molecule has 0 aliphatic rings. The van der Waals surface area contributed by atoms with Gasteiger partial charge in [0.25, 0.3) is 5.91 Å². The lowest BCUT2D eigenvalue weighted by Gasteiger charge is -2.07. The molecule has 1 aromatic rings. The number of nitrogen functional groups attached to an aromatic ring is 1. The quantitative estimate of drug-likeness (QED) is 0.481. The van der Waals surface area contributed by atoms with Crippen molar-refractivity contribution >= 4 is 17.5 Å². The minimum atomic E-state index is -0.535. The Labute approximate surface area is 105 Å². The molecule has 6 nitrogen and oxygen atoms in total. The molecule has 0 saturated heterocycles. The molecule has 0 saturated carbocycles. The van der Waals surface area contributed by atoms with Gasteiger partial charge in [-0.15, -0.1) is 0 Å². The number of ether oxygens (including phenoxy) is 1. The number of aryl methyl sites for hydroxylation is 1. The summed E-state index contributed by atoms with van der Waals surface area (Å²) >= 11 is 0. The Balaban J connectivity index is 2.36. The number of amides is 2. The first kappa shape index (κ1) is 14.0. The van der Waals surface area contributed by atoms with Crippen molar-refractivity contribution in [3.05, 3.63) is 29.3 Å². The van der Waals surface area contributed by atoms with Gasteiger partial charge in [-0.3, -0.25) is 9.59 Å². The van der Waals surface area contributed by atoms with Crippen LogP contribution in [0.5, 0.6) is 0 Å². The molecule has 98 valence electrons. The maximum absolute atomic E-state index is 11.7. The van der Waals surface area contributed by atoms with Gasteiger partial charge in [-0.2, -0.15) is 0 Å². The zero-order valence-electron chi connectivity index (χ0n) is 10.2. The van der Waals surface area contributed by atoms with Crippen molar-refractivity contribution in [2.24, 2.45) is 5.73 Å². The predicted octanol–water partition coefficient (Wildman–Crippen LogP) is -0.191. The number of carbonyl (C=O) groups excluding carboxylic acids is 2. The number of hydrogen-bond acceptors (Lipinski definition) is 4. The maximum atomic E-state index is 11.7. The molecule has 0 unspecified atom stereocenters. The summed E-state index contributed by atoms with van der Waals surface area (Å²) in [5.41, 5.74) is 12.6. The number of primary amides is 1. The van der Waals surface area contributed by atoms with Crippen molar-refractivity contribution in [3.63, 3.8) is 0 Å². The second-order valence-electron chi connectivity index (χ2n) is 3.85. The van der Waals surface area contributed by atoms with Crippen LogP contribution in [0.3, 0.4) is 0 Å². The van der Waals surface area contributed by atoms with Crippen molar-refractivity contribution in [1.82, 2.24) is 5.32 Å². The fraction of sp³-hybridized carbons (Fsp3) is 0.333. The van der Waals surface area contributed by atoms with E-state index in [1.807, 2.05) is 6.92 Å². The molecule has 0 radical (unpaired) electrons. The molecule has 6 heteroatoms. The summed E-state index contributed by atoms with van der Waals surface area (Å²) in [6.07, 6.45) is 0. The van der Waals surface area contributed by atoms with Crippen molar-refractivity contribution < 1.29 is 14.3 Å². The summed E-state index contributed by atoms with van der Waals surface area (Å²) in [6.45, 7) is 2.26. The van der Waals surface area contributed by atoms with Crippen LogP contribution in [0, 0.1) is 6.92 Å². The third-order valence-corrected chi connectivity index (χ3v) is 2.32. The first-order valence-corrected chi connectivity index (χ1v) is 5.51. The molecule has 0 atom stereocenters. The summed E-state index contributed by atoms with van der Waals surface area (Å²) in [7, 11) is 0. The number of anilines is 1. The van der Waals surface area contributed by atoms with E-state index in [-0.39, 0.29) is 19.1 Å². The molecule has 0 aliphatic heterocycles. The molecule has 0 aromatic heterocycles. The average Bonchev–Trinajstić information content (AvgIpc) is 2.31. The number of nitrogens with two attached hydrogens (primary N) is 2. The Morgan fingerprint density at radius 2 is 2.11 bits per heavy atom. The Kier molecular flexibility index (Phi) is 5.13. The highest BCUT2D eigenvalue weighted by Crippen LogP contribution is 2.12. The van der Waals surface area contributed by atoms with Crippen LogP contribution in [0.15, 0.2) is 18.2 Å². The summed E-state index contributed by atoms with van der Waals surface area (Å²) in [5, 5.41) is 2.65. The van der Waals surface area contributed by atoms with Crippen LogP contribution in [-0.2, 0) is 9.53 Å². The van der Waals surface area contributed by atoms with Gasteiger partial charge < -0.3 is 21.5 Å². The Morgan fingerprint density at radius 3 is 2.72 bits per heavy atom. The summed E-state index contributed by atoms with van der Waals surface area (Å²) in [4.78, 5) is 22.1. The molecular formula is C12H17N3O3. The highest BCUT2D eigenvalue weighted by molar-refractivity contribution is 5.95. The molecule has 0 spiro atoms. The van der Waals surface area contributed by atoms with Gasteiger partial charge in [0, 0.05) is 17.8 Å². The largest absolute Gasteiger partial charge is 0.398 e. The first-order valence-electron chi connectivity index (χ1n) is 5.51. The third kappa shape index (κ3) is 4.42. The normalized spacial score (nSPS) is 10.1. The summed E-state index contributed by atoms with van der Waals surface area (Å²) in [5.74, 6) is -0.767. The van der Waals surface area contributed by atoms with Crippen LogP contribution < -0.4 is 16.8 Å². The molecule has 1 aromatic carbocycles. The van der Waals surface area contributed by atoms with Gasteiger partial charge in [-0.25, -0.2) is 0 Å². The standard InChI is InChI=1S/C12H17N3O3/c1-8-2-3-9(6-10(8)13)12(17)15-4-5-18-7-11(14)16/h2-3,6H,4-5,7,13H2,1H3,(H2,14,16)(H,15,17). The fourth-order valence-corrected chi connectivity index (χ4v) is 1.29. The van der Waals surface area contributed by atoms with E-state index in [1.54, 1.807) is 18.2 Å². The van der Waals surface area contributed by atoms with Gasteiger partial charge in [-0.1, -0.05) is 6.07 Å². The minimum Gasteiger partial charge on any atom is -0.398 e. The van der Waals surface area contributed by atoms with Crippen LogP contribution >= 0.6 is 0 Å². The monoisotopic (exact) mass is 251 g/mol. The van der Waals surface area contributed by atoms with Gasteiger partial charge in [0.15, 0.2) is 0 Å². The number of nitrogens with one attached hydrogen (secondary N) is 1. The Bertz CT molecular complexity index is 446. The SMILES string of the molecule is Cc1ccc(C(=O)NCCOCC(N)=O)cc1N. The van der Waals surface area contributed by atoms with E-state index in [0.29, 0.717) is 17.8 Å². The molecule has 5 N–H and O–H groups in total. The number of hydrogen-bond donors (Lipinski definition) is 3. The molecule has 2 amide bonds. The van der Waals surface area contributed by atoms with Crippen LogP contribution in [0.25, 0.3) is 0 Å². The van der Waals surface area contributed by atoms with Crippen molar-refractivity contribution in [3.8, 4) is 0 Å². The van der Waals surface area contributed by atoms with E-state index in [1.165, 1.54) is 0 Å². The average molecular weight is 251 g/mol. The van der Waals surface area contributed by atoms with Gasteiger partial charge in [-0.05, 0) is 24.6 Å². The van der Waals surface area contributed by atoms with Crippen LogP contribution in [-0.4, -0.2) is 31.6 Å². The minimum absolute atomic E-state index is 0.145. The van der Waals surface area contributed by atoms with Crippen molar-refractivity contribution in [2.75, 3.05) is 25.5 Å². The number of carbonyl (C=O) groups is 2. The summed E-state index contributed by atoms with van der Waals surface area (Å²) in [6, 6.07) is 5.11. The maximum Gasteiger partial charge on any atom is 0.251 e. The molecule has 1 rings (SSSR count). The molecule has 0 aliphatic carbocycles. The summed E-state index contributed by atoms with van der Waals surface area (Å²) < 4.78 is 4.91. The van der Waals surface area contributed by atoms with Crippen LogP contribution in [0.4, 0.5) is 5.69 Å². The lowest BCUT2D eigenvalue weighted by atomic mass is 10.1. The molecule has 0 bridgehead atoms. The topological polar surface area (TPSA) is 107 Å². The first-order chi connectivity index (χ1) is 8.50. The predicted molar refractivity (Wildman–Crippen MR) is 67.9 cm³/mol. The lowest BCUT2D eigenvalue weighted by molar-refractivity contribution is -0.122. The second kappa shape index (κ2) is 6.61. The highest BCUT2D eigenvalue weighted by Gasteiger charge is 2.06. The van der Waals surface area contributed by atoms with E-state index in [9.17, 15) is 9.59 Å².